The molecule has 0 amide bonds. The topological polar surface area (TPSA) is 77.6 Å². The standard InChI is InChI=1S/C14H22N2O4/c1-2-19-14(6-8-18-9-7-14)13-15-12(20-16-13)10-4-3-5-11(10)17/h10-11,17H,2-9H2,1H3. The van der Waals surface area contributed by atoms with Gasteiger partial charge in [0, 0.05) is 32.7 Å². The molecule has 20 heavy (non-hydrogen) atoms. The number of ether oxygens (including phenoxy) is 2. The Labute approximate surface area is 118 Å². The zero-order valence-corrected chi connectivity index (χ0v) is 11.9. The normalized spacial score (nSPS) is 29.7. The van der Waals surface area contributed by atoms with Gasteiger partial charge in [-0.25, -0.2) is 0 Å². The molecule has 1 aromatic heterocycles. The Bertz CT molecular complexity index is 437. The Morgan fingerprint density at radius 1 is 1.35 bits per heavy atom. The van der Waals surface area contributed by atoms with Gasteiger partial charge in [-0.1, -0.05) is 5.16 Å². The third-order valence-electron chi connectivity index (χ3n) is 4.37. The number of hydrogen-bond donors (Lipinski definition) is 1. The highest BCUT2D eigenvalue weighted by molar-refractivity contribution is 5.07. The van der Waals surface area contributed by atoms with Crippen LogP contribution in [0.3, 0.4) is 0 Å². The number of nitrogens with zero attached hydrogens (tertiary/aromatic N) is 2. The summed E-state index contributed by atoms with van der Waals surface area (Å²) in [5, 5.41) is 14.1. The second kappa shape index (κ2) is 5.79. The van der Waals surface area contributed by atoms with Crippen molar-refractivity contribution in [1.82, 2.24) is 10.1 Å². The first kappa shape index (κ1) is 14.0. The first-order chi connectivity index (χ1) is 9.75. The molecule has 1 saturated carbocycles. The summed E-state index contributed by atoms with van der Waals surface area (Å²) in [6.07, 6.45) is 3.86. The van der Waals surface area contributed by atoms with Gasteiger partial charge in [-0.05, 0) is 26.2 Å². The summed E-state index contributed by atoms with van der Waals surface area (Å²) in [7, 11) is 0. The second-order valence-corrected chi connectivity index (χ2v) is 5.60. The Balaban J connectivity index is 1.83. The lowest BCUT2D eigenvalue weighted by Gasteiger charge is -2.33. The van der Waals surface area contributed by atoms with Crippen LogP contribution >= 0.6 is 0 Å². The van der Waals surface area contributed by atoms with E-state index in [1.54, 1.807) is 0 Å². The first-order valence-corrected chi connectivity index (χ1v) is 7.49. The molecule has 1 N–H and O–H groups in total. The molecule has 1 aliphatic carbocycles. The monoisotopic (exact) mass is 282 g/mol. The van der Waals surface area contributed by atoms with E-state index in [0.717, 1.165) is 32.1 Å². The zero-order valence-electron chi connectivity index (χ0n) is 11.9. The summed E-state index contributed by atoms with van der Waals surface area (Å²) in [4.78, 5) is 4.54. The van der Waals surface area contributed by atoms with Crippen molar-refractivity contribution >= 4 is 0 Å². The molecule has 6 heteroatoms. The molecule has 2 unspecified atom stereocenters. The van der Waals surface area contributed by atoms with Crippen molar-refractivity contribution in [3.05, 3.63) is 11.7 Å². The second-order valence-electron chi connectivity index (χ2n) is 5.60. The number of hydrogen-bond acceptors (Lipinski definition) is 6. The van der Waals surface area contributed by atoms with E-state index < -0.39 is 5.60 Å². The smallest absolute Gasteiger partial charge is 0.232 e. The zero-order chi connectivity index (χ0) is 14.0. The quantitative estimate of drug-likeness (QED) is 0.906. The fraction of sp³-hybridized carbons (Fsp3) is 0.857. The van der Waals surface area contributed by atoms with Gasteiger partial charge in [0.2, 0.25) is 11.7 Å². The number of aliphatic hydroxyl groups is 1. The van der Waals surface area contributed by atoms with Gasteiger partial charge in [-0.2, -0.15) is 4.98 Å². The summed E-state index contributed by atoms with van der Waals surface area (Å²) in [6.45, 7) is 3.88. The molecule has 2 atom stereocenters. The van der Waals surface area contributed by atoms with E-state index >= 15 is 0 Å². The van der Waals surface area contributed by atoms with Gasteiger partial charge in [0.1, 0.15) is 5.60 Å². The van der Waals surface area contributed by atoms with Crippen molar-refractivity contribution in [1.29, 1.82) is 0 Å². The maximum Gasteiger partial charge on any atom is 0.232 e. The Kier molecular flexibility index (Phi) is 4.05. The largest absolute Gasteiger partial charge is 0.392 e. The SMILES string of the molecule is CCOC1(c2noc(C3CCCC3O)n2)CCOCC1. The van der Waals surface area contributed by atoms with Gasteiger partial charge in [0.05, 0.1) is 12.0 Å². The summed E-state index contributed by atoms with van der Waals surface area (Å²) in [5.41, 5.74) is -0.488. The minimum Gasteiger partial charge on any atom is -0.392 e. The number of aliphatic hydroxyl groups excluding tert-OH is 1. The Morgan fingerprint density at radius 3 is 2.80 bits per heavy atom. The van der Waals surface area contributed by atoms with E-state index in [2.05, 4.69) is 10.1 Å². The molecule has 0 spiro atoms. The molecule has 2 fully saturated rings. The number of aromatic nitrogens is 2. The molecule has 2 aliphatic rings. The fourth-order valence-corrected chi connectivity index (χ4v) is 3.21. The molecule has 0 bridgehead atoms. The molecule has 3 rings (SSSR count). The third-order valence-corrected chi connectivity index (χ3v) is 4.37. The van der Waals surface area contributed by atoms with Gasteiger partial charge in [-0.15, -0.1) is 0 Å². The maximum atomic E-state index is 9.95. The maximum absolute atomic E-state index is 9.95. The van der Waals surface area contributed by atoms with E-state index in [0.29, 0.717) is 31.5 Å². The predicted octanol–water partition coefficient (Wildman–Crippen LogP) is 1.74. The van der Waals surface area contributed by atoms with E-state index in [9.17, 15) is 5.11 Å². The molecule has 2 heterocycles. The van der Waals surface area contributed by atoms with E-state index in [1.807, 2.05) is 6.92 Å². The van der Waals surface area contributed by atoms with Crippen LogP contribution in [0.5, 0.6) is 0 Å². The third kappa shape index (κ3) is 2.47. The molecule has 1 saturated heterocycles. The van der Waals surface area contributed by atoms with Crippen LogP contribution < -0.4 is 0 Å². The highest BCUT2D eigenvalue weighted by Crippen LogP contribution is 2.37. The highest BCUT2D eigenvalue weighted by atomic mass is 16.5. The van der Waals surface area contributed by atoms with Crippen molar-refractivity contribution in [3.8, 4) is 0 Å². The molecule has 1 aromatic rings. The van der Waals surface area contributed by atoms with Gasteiger partial charge >= 0.3 is 0 Å². The summed E-state index contributed by atoms with van der Waals surface area (Å²) in [6, 6.07) is 0. The lowest BCUT2D eigenvalue weighted by atomic mass is 9.93. The van der Waals surface area contributed by atoms with Crippen LogP contribution in [0.15, 0.2) is 4.52 Å². The fourth-order valence-electron chi connectivity index (χ4n) is 3.21. The van der Waals surface area contributed by atoms with E-state index in [4.69, 9.17) is 14.0 Å². The van der Waals surface area contributed by atoms with Crippen molar-refractivity contribution in [2.75, 3.05) is 19.8 Å². The van der Waals surface area contributed by atoms with Gasteiger partial charge in [0.15, 0.2) is 0 Å². The first-order valence-electron chi connectivity index (χ1n) is 7.49. The molecule has 1 aliphatic heterocycles. The van der Waals surface area contributed by atoms with Crippen LogP contribution in [-0.4, -0.2) is 41.2 Å². The van der Waals surface area contributed by atoms with Crippen LogP contribution in [0.2, 0.25) is 0 Å². The Morgan fingerprint density at radius 2 is 2.15 bits per heavy atom. The van der Waals surface area contributed by atoms with Crippen LogP contribution in [0.4, 0.5) is 0 Å². The van der Waals surface area contributed by atoms with Crippen molar-refractivity contribution in [3.63, 3.8) is 0 Å². The van der Waals surface area contributed by atoms with Crippen molar-refractivity contribution in [2.24, 2.45) is 0 Å². The van der Waals surface area contributed by atoms with Gasteiger partial charge in [0.25, 0.3) is 0 Å². The van der Waals surface area contributed by atoms with Crippen molar-refractivity contribution in [2.45, 2.75) is 56.7 Å². The van der Waals surface area contributed by atoms with Crippen LogP contribution in [-0.2, 0) is 15.1 Å². The molecule has 6 nitrogen and oxygen atoms in total. The van der Waals surface area contributed by atoms with Crippen LogP contribution in [0.25, 0.3) is 0 Å². The summed E-state index contributed by atoms with van der Waals surface area (Å²) in [5.74, 6) is 1.14. The van der Waals surface area contributed by atoms with Crippen molar-refractivity contribution < 1.29 is 19.1 Å². The number of rotatable bonds is 4. The lowest BCUT2D eigenvalue weighted by molar-refractivity contribution is -0.118. The summed E-state index contributed by atoms with van der Waals surface area (Å²) >= 11 is 0. The van der Waals surface area contributed by atoms with Crippen LogP contribution in [0, 0.1) is 0 Å². The average Bonchev–Trinajstić information content (AvgIpc) is 3.08. The minimum atomic E-state index is -0.488. The molecule has 0 aromatic carbocycles. The lowest BCUT2D eigenvalue weighted by Crippen LogP contribution is -2.37. The Hall–Kier alpha value is -0.980. The van der Waals surface area contributed by atoms with Gasteiger partial charge in [-0.3, -0.25) is 0 Å². The van der Waals surface area contributed by atoms with E-state index in [1.165, 1.54) is 0 Å². The molecular formula is C14H22N2O4. The predicted molar refractivity (Wildman–Crippen MR) is 70.3 cm³/mol. The molecule has 112 valence electrons. The molecular weight excluding hydrogens is 260 g/mol. The average molecular weight is 282 g/mol. The molecule has 0 radical (unpaired) electrons. The summed E-state index contributed by atoms with van der Waals surface area (Å²) < 4.78 is 16.7. The van der Waals surface area contributed by atoms with Gasteiger partial charge < -0.3 is 19.1 Å². The van der Waals surface area contributed by atoms with E-state index in [-0.39, 0.29) is 12.0 Å². The van der Waals surface area contributed by atoms with Crippen LogP contribution in [0.1, 0.15) is 56.7 Å². The minimum absolute atomic E-state index is 0.0187. The highest BCUT2D eigenvalue weighted by Gasteiger charge is 2.41.